The van der Waals surface area contributed by atoms with Gasteiger partial charge in [-0.05, 0) is 50.3 Å². The molecule has 3 heteroatoms. The molecule has 0 aliphatic heterocycles. The van der Waals surface area contributed by atoms with Crippen LogP contribution in [-0.2, 0) is 0 Å². The minimum absolute atomic E-state index is 0.673. The fraction of sp³-hybridized carbons (Fsp3) is 0.250. The van der Waals surface area contributed by atoms with E-state index in [2.05, 4.69) is 119 Å². The average molecular weight is 376 g/mol. The zero-order valence-electron chi connectivity index (χ0n) is 17.2. The Hall–Kier alpha value is -2.31. The molecular formula is C24H29N2P. The fourth-order valence-corrected chi connectivity index (χ4v) is 6.43. The Labute approximate surface area is 165 Å². The predicted octanol–water partition coefficient (Wildman–Crippen LogP) is 4.19. The molecule has 0 aromatic heterocycles. The lowest BCUT2D eigenvalue weighted by Gasteiger charge is -2.29. The van der Waals surface area contributed by atoms with Crippen molar-refractivity contribution in [2.24, 2.45) is 0 Å². The molecule has 0 saturated heterocycles. The van der Waals surface area contributed by atoms with Gasteiger partial charge in [-0.2, -0.15) is 0 Å². The molecule has 0 N–H and O–H groups in total. The van der Waals surface area contributed by atoms with E-state index in [1.54, 1.807) is 0 Å². The Morgan fingerprint density at radius 3 is 1.48 bits per heavy atom. The van der Waals surface area contributed by atoms with Crippen LogP contribution in [0.4, 0.5) is 11.4 Å². The Balaban J connectivity index is 2.35. The molecule has 0 spiro atoms. The van der Waals surface area contributed by atoms with Gasteiger partial charge in [-0.15, -0.1) is 0 Å². The molecule has 0 saturated carbocycles. The van der Waals surface area contributed by atoms with Crippen molar-refractivity contribution in [1.29, 1.82) is 0 Å². The van der Waals surface area contributed by atoms with Crippen molar-refractivity contribution in [1.82, 2.24) is 0 Å². The first-order valence-corrected chi connectivity index (χ1v) is 10.6. The predicted molar refractivity (Wildman–Crippen MR) is 123 cm³/mol. The van der Waals surface area contributed by atoms with Crippen molar-refractivity contribution in [2.75, 3.05) is 38.0 Å². The van der Waals surface area contributed by atoms with Crippen LogP contribution in [0.15, 0.2) is 66.7 Å². The van der Waals surface area contributed by atoms with Crippen molar-refractivity contribution in [3.63, 3.8) is 0 Å². The van der Waals surface area contributed by atoms with E-state index in [0.29, 0.717) is 0 Å². The second-order valence-corrected chi connectivity index (χ2v) is 9.44. The summed E-state index contributed by atoms with van der Waals surface area (Å²) in [5.74, 6) is 0. The summed E-state index contributed by atoms with van der Waals surface area (Å²) >= 11 is 0. The molecule has 0 fully saturated rings. The minimum atomic E-state index is -0.673. The number of para-hydroxylation sites is 2. The molecule has 0 unspecified atom stereocenters. The summed E-state index contributed by atoms with van der Waals surface area (Å²) in [4.78, 5) is 4.46. The van der Waals surface area contributed by atoms with Gasteiger partial charge in [0.25, 0.3) is 0 Å². The lowest BCUT2D eigenvalue weighted by atomic mass is 10.1. The van der Waals surface area contributed by atoms with E-state index in [0.717, 1.165) is 0 Å². The topological polar surface area (TPSA) is 6.48 Å². The third-order valence-electron chi connectivity index (χ3n) is 5.03. The molecule has 0 bridgehead atoms. The van der Waals surface area contributed by atoms with Crippen LogP contribution in [0.25, 0.3) is 0 Å². The monoisotopic (exact) mass is 376 g/mol. The number of rotatable bonds is 5. The van der Waals surface area contributed by atoms with E-state index in [4.69, 9.17) is 0 Å². The molecular weight excluding hydrogens is 347 g/mol. The first kappa shape index (κ1) is 19.5. The molecule has 3 rings (SSSR count). The van der Waals surface area contributed by atoms with E-state index < -0.39 is 7.92 Å². The van der Waals surface area contributed by atoms with Gasteiger partial charge >= 0.3 is 0 Å². The molecule has 0 amide bonds. The normalized spacial score (nSPS) is 10.9. The third kappa shape index (κ3) is 3.87. The Morgan fingerprint density at radius 1 is 0.556 bits per heavy atom. The van der Waals surface area contributed by atoms with E-state index >= 15 is 0 Å². The molecule has 0 radical (unpaired) electrons. The number of anilines is 2. The number of hydrogen-bond donors (Lipinski definition) is 0. The second-order valence-electron chi connectivity index (χ2n) is 7.32. The summed E-state index contributed by atoms with van der Waals surface area (Å²) in [5.41, 5.74) is 5.33. The molecule has 0 atom stereocenters. The van der Waals surface area contributed by atoms with E-state index in [1.165, 1.54) is 38.4 Å². The Bertz CT molecular complexity index is 880. The maximum absolute atomic E-state index is 2.31. The zero-order valence-corrected chi connectivity index (χ0v) is 18.1. The standard InChI is InChI=1S/C24H29N2P/c1-18-12-11-17-22(19(18)2)27(23-15-9-7-13-20(23)25(3)4)24-16-10-8-14-21(24)26(5)6/h7-17H,1-6H3. The van der Waals surface area contributed by atoms with E-state index in [9.17, 15) is 0 Å². The molecule has 2 nitrogen and oxygen atoms in total. The van der Waals surface area contributed by atoms with Crippen molar-refractivity contribution in [3.8, 4) is 0 Å². The second kappa shape index (κ2) is 8.15. The fourth-order valence-electron chi connectivity index (χ4n) is 3.43. The van der Waals surface area contributed by atoms with Crippen molar-refractivity contribution in [3.05, 3.63) is 77.9 Å². The Kier molecular flexibility index (Phi) is 5.87. The lowest BCUT2D eigenvalue weighted by molar-refractivity contribution is 1.14. The average Bonchev–Trinajstić information content (AvgIpc) is 2.66. The summed E-state index contributed by atoms with van der Waals surface area (Å²) in [6.45, 7) is 4.47. The van der Waals surface area contributed by atoms with Crippen LogP contribution in [0.1, 0.15) is 11.1 Å². The molecule has 0 heterocycles. The number of nitrogens with zero attached hydrogens (tertiary/aromatic N) is 2. The minimum Gasteiger partial charge on any atom is -0.377 e. The highest BCUT2D eigenvalue weighted by Crippen LogP contribution is 2.40. The maximum atomic E-state index is 2.31. The molecule has 0 aliphatic rings. The van der Waals surface area contributed by atoms with E-state index in [1.807, 2.05) is 0 Å². The number of benzene rings is 3. The third-order valence-corrected chi connectivity index (χ3v) is 7.71. The van der Waals surface area contributed by atoms with Crippen LogP contribution in [0, 0.1) is 13.8 Å². The summed E-state index contributed by atoms with van der Waals surface area (Å²) in [5, 5.41) is 4.25. The molecule has 140 valence electrons. The van der Waals surface area contributed by atoms with Gasteiger partial charge in [0.05, 0.1) is 0 Å². The highest BCUT2D eigenvalue weighted by molar-refractivity contribution is 7.80. The summed E-state index contributed by atoms with van der Waals surface area (Å²) in [6, 6.07) is 24.4. The van der Waals surface area contributed by atoms with Crippen LogP contribution < -0.4 is 25.7 Å². The first-order chi connectivity index (χ1) is 12.9. The Morgan fingerprint density at radius 2 is 1.00 bits per heavy atom. The van der Waals surface area contributed by atoms with Gasteiger partial charge in [0.2, 0.25) is 0 Å². The highest BCUT2D eigenvalue weighted by atomic mass is 31.1. The molecule has 0 aliphatic carbocycles. The van der Waals surface area contributed by atoms with Crippen LogP contribution in [-0.4, -0.2) is 28.2 Å². The van der Waals surface area contributed by atoms with Crippen LogP contribution in [0.3, 0.4) is 0 Å². The van der Waals surface area contributed by atoms with Gasteiger partial charge < -0.3 is 9.80 Å². The van der Waals surface area contributed by atoms with Gasteiger partial charge in [-0.25, -0.2) is 0 Å². The highest BCUT2D eigenvalue weighted by Gasteiger charge is 2.24. The van der Waals surface area contributed by atoms with Gasteiger partial charge in [-0.1, -0.05) is 54.6 Å². The largest absolute Gasteiger partial charge is 0.377 e. The van der Waals surface area contributed by atoms with Gasteiger partial charge in [0, 0.05) is 50.2 Å². The SMILES string of the molecule is Cc1cccc(P(c2ccccc2N(C)C)c2ccccc2N(C)C)c1C. The van der Waals surface area contributed by atoms with Crippen molar-refractivity contribution < 1.29 is 0 Å². The zero-order chi connectivity index (χ0) is 19.6. The molecule has 27 heavy (non-hydrogen) atoms. The lowest BCUT2D eigenvalue weighted by Crippen LogP contribution is -2.30. The van der Waals surface area contributed by atoms with Crippen LogP contribution >= 0.6 is 7.92 Å². The van der Waals surface area contributed by atoms with Crippen LogP contribution in [0.2, 0.25) is 0 Å². The van der Waals surface area contributed by atoms with Gasteiger partial charge in [-0.3, -0.25) is 0 Å². The van der Waals surface area contributed by atoms with Gasteiger partial charge in [0.15, 0.2) is 0 Å². The summed E-state index contributed by atoms with van der Waals surface area (Å²) in [6.07, 6.45) is 0. The molecule has 3 aromatic carbocycles. The smallest absolute Gasteiger partial charge is 0.0445 e. The number of aryl methyl sites for hydroxylation is 1. The summed E-state index contributed by atoms with van der Waals surface area (Å²) in [7, 11) is 7.86. The first-order valence-electron chi connectivity index (χ1n) is 9.31. The van der Waals surface area contributed by atoms with Crippen LogP contribution in [0.5, 0.6) is 0 Å². The summed E-state index contributed by atoms with van der Waals surface area (Å²) < 4.78 is 0. The van der Waals surface area contributed by atoms with Gasteiger partial charge in [0.1, 0.15) is 0 Å². The van der Waals surface area contributed by atoms with Crippen molar-refractivity contribution >= 4 is 35.2 Å². The molecule has 3 aromatic rings. The number of hydrogen-bond acceptors (Lipinski definition) is 2. The maximum Gasteiger partial charge on any atom is 0.0445 e. The van der Waals surface area contributed by atoms with E-state index in [-0.39, 0.29) is 0 Å². The van der Waals surface area contributed by atoms with Crippen molar-refractivity contribution in [2.45, 2.75) is 13.8 Å². The quantitative estimate of drug-likeness (QED) is 0.616.